The summed E-state index contributed by atoms with van der Waals surface area (Å²) >= 11 is 0. The van der Waals surface area contributed by atoms with Crippen molar-refractivity contribution in [3.63, 3.8) is 0 Å². The van der Waals surface area contributed by atoms with Crippen LogP contribution in [-0.4, -0.2) is 49.1 Å². The van der Waals surface area contributed by atoms with Crippen LogP contribution in [0.25, 0.3) is 0 Å². The zero-order chi connectivity index (χ0) is 21.3. The first kappa shape index (κ1) is 21.8. The van der Waals surface area contributed by atoms with Gasteiger partial charge in [-0.3, -0.25) is 9.59 Å². The first-order valence-corrected chi connectivity index (χ1v) is 10.4. The Morgan fingerprint density at radius 2 is 2.10 bits per heavy atom. The highest BCUT2D eigenvalue weighted by Gasteiger charge is 2.23. The number of ether oxygens (including phenoxy) is 2. The molecule has 1 atom stereocenters. The number of anilines is 2. The van der Waals surface area contributed by atoms with Gasteiger partial charge in [0.25, 0.3) is 5.56 Å². The molecule has 8 heteroatoms. The second-order valence-corrected chi connectivity index (χ2v) is 7.43. The fraction of sp³-hybridized carbons (Fsp3) is 0.500. The minimum absolute atomic E-state index is 0.000817. The van der Waals surface area contributed by atoms with Gasteiger partial charge in [-0.15, -0.1) is 0 Å². The molecule has 0 bridgehead atoms. The van der Waals surface area contributed by atoms with E-state index in [4.69, 9.17) is 9.47 Å². The molecule has 1 aliphatic rings. The van der Waals surface area contributed by atoms with Crippen molar-refractivity contribution < 1.29 is 14.3 Å². The molecule has 1 aromatic heterocycles. The summed E-state index contributed by atoms with van der Waals surface area (Å²) in [7, 11) is 1.60. The van der Waals surface area contributed by atoms with E-state index in [1.165, 1.54) is 4.68 Å². The number of rotatable bonds is 9. The largest absolute Gasteiger partial charge is 0.494 e. The van der Waals surface area contributed by atoms with Gasteiger partial charge in [0.05, 0.1) is 31.6 Å². The van der Waals surface area contributed by atoms with Gasteiger partial charge in [-0.25, -0.2) is 4.68 Å². The van der Waals surface area contributed by atoms with E-state index in [1.807, 2.05) is 31.2 Å². The van der Waals surface area contributed by atoms with Crippen LogP contribution in [0, 0.1) is 5.92 Å². The molecule has 1 aromatic carbocycles. The lowest BCUT2D eigenvalue weighted by Crippen LogP contribution is -2.38. The molecule has 1 saturated heterocycles. The summed E-state index contributed by atoms with van der Waals surface area (Å²) in [5, 5.41) is 7.20. The van der Waals surface area contributed by atoms with Crippen molar-refractivity contribution in [1.82, 2.24) is 9.78 Å². The van der Waals surface area contributed by atoms with Crippen molar-refractivity contribution in [2.24, 2.45) is 5.92 Å². The number of benzene rings is 1. The van der Waals surface area contributed by atoms with E-state index in [0.29, 0.717) is 26.2 Å². The number of nitrogens with zero attached hydrogens (tertiary/aromatic N) is 3. The Morgan fingerprint density at radius 3 is 2.80 bits per heavy atom. The predicted octanol–water partition coefficient (Wildman–Crippen LogP) is 2.53. The first-order chi connectivity index (χ1) is 14.6. The molecule has 30 heavy (non-hydrogen) atoms. The molecule has 1 amide bonds. The number of carbonyl (C=O) groups is 1. The molecular weight excluding hydrogens is 384 g/mol. The molecule has 0 saturated carbocycles. The Labute approximate surface area is 176 Å². The highest BCUT2D eigenvalue weighted by Crippen LogP contribution is 2.24. The predicted molar refractivity (Wildman–Crippen MR) is 116 cm³/mol. The summed E-state index contributed by atoms with van der Waals surface area (Å²) in [5.74, 6) is 1.02. The summed E-state index contributed by atoms with van der Waals surface area (Å²) in [4.78, 5) is 26.9. The molecule has 1 fully saturated rings. The number of carbonyl (C=O) groups excluding carboxylic acids is 1. The van der Waals surface area contributed by atoms with Crippen molar-refractivity contribution in [3.8, 4) is 5.75 Å². The lowest BCUT2D eigenvalue weighted by atomic mass is 9.94. The van der Waals surface area contributed by atoms with Crippen molar-refractivity contribution in [1.29, 1.82) is 0 Å². The summed E-state index contributed by atoms with van der Waals surface area (Å²) in [5.41, 5.74) is 1.44. The lowest BCUT2D eigenvalue weighted by Gasteiger charge is -2.34. The van der Waals surface area contributed by atoms with Crippen LogP contribution in [0.15, 0.2) is 41.3 Å². The normalized spacial score (nSPS) is 16.3. The minimum Gasteiger partial charge on any atom is -0.494 e. The molecule has 0 spiro atoms. The highest BCUT2D eigenvalue weighted by molar-refractivity contribution is 5.90. The topological polar surface area (TPSA) is 85.7 Å². The van der Waals surface area contributed by atoms with Crippen LogP contribution >= 0.6 is 0 Å². The van der Waals surface area contributed by atoms with E-state index < -0.39 is 0 Å². The smallest absolute Gasteiger partial charge is 0.268 e. The maximum atomic E-state index is 12.5. The lowest BCUT2D eigenvalue weighted by molar-refractivity contribution is -0.117. The Kier molecular flexibility index (Phi) is 7.84. The van der Waals surface area contributed by atoms with E-state index >= 15 is 0 Å². The second kappa shape index (κ2) is 10.8. The van der Waals surface area contributed by atoms with Crippen LogP contribution in [0.3, 0.4) is 0 Å². The van der Waals surface area contributed by atoms with Crippen molar-refractivity contribution in [2.45, 2.75) is 32.7 Å². The van der Waals surface area contributed by atoms with Gasteiger partial charge in [-0.05, 0) is 49.9 Å². The summed E-state index contributed by atoms with van der Waals surface area (Å²) < 4.78 is 11.8. The Bertz CT molecular complexity index is 881. The van der Waals surface area contributed by atoms with Crippen molar-refractivity contribution >= 4 is 17.3 Å². The van der Waals surface area contributed by atoms with Gasteiger partial charge in [-0.2, -0.15) is 5.10 Å². The average molecular weight is 415 g/mol. The number of aromatic nitrogens is 2. The molecule has 1 unspecified atom stereocenters. The summed E-state index contributed by atoms with van der Waals surface area (Å²) in [6.45, 7) is 5.03. The number of hydrogen-bond acceptors (Lipinski definition) is 6. The Balaban J connectivity index is 1.54. The van der Waals surface area contributed by atoms with Crippen molar-refractivity contribution in [2.75, 3.05) is 43.6 Å². The minimum atomic E-state index is -0.139. The second-order valence-electron chi connectivity index (χ2n) is 7.43. The molecule has 0 radical (unpaired) electrons. The standard InChI is InChI=1S/C22H30N4O4/c1-3-30-20-8-6-18(7-9-20)24-21(27)13-17-5-4-10-25(16-17)19-14-22(28)26(23-15-19)11-12-29-2/h6-9,14-15,17H,3-5,10-13,16H2,1-2H3,(H,24,27). The van der Waals surface area contributed by atoms with Crippen LogP contribution in [0.1, 0.15) is 26.2 Å². The monoisotopic (exact) mass is 414 g/mol. The number of nitrogens with one attached hydrogen (secondary N) is 1. The van der Waals surface area contributed by atoms with E-state index in [2.05, 4.69) is 15.3 Å². The highest BCUT2D eigenvalue weighted by atomic mass is 16.5. The molecule has 2 aromatic rings. The maximum absolute atomic E-state index is 12.5. The average Bonchev–Trinajstić information content (AvgIpc) is 2.74. The maximum Gasteiger partial charge on any atom is 0.268 e. The Morgan fingerprint density at radius 1 is 1.30 bits per heavy atom. The molecule has 162 valence electrons. The fourth-order valence-corrected chi connectivity index (χ4v) is 3.68. The van der Waals surface area contributed by atoms with Gasteiger partial charge in [0.15, 0.2) is 0 Å². The number of amides is 1. The van der Waals surface area contributed by atoms with Crippen LogP contribution in [0.4, 0.5) is 11.4 Å². The van der Waals surface area contributed by atoms with E-state index in [1.54, 1.807) is 19.4 Å². The van der Waals surface area contributed by atoms with Crippen molar-refractivity contribution in [3.05, 3.63) is 46.9 Å². The van der Waals surface area contributed by atoms with Gasteiger partial charge < -0.3 is 19.7 Å². The fourth-order valence-electron chi connectivity index (χ4n) is 3.68. The third-order valence-corrected chi connectivity index (χ3v) is 5.17. The van der Waals surface area contributed by atoms with Gasteiger partial charge in [0.2, 0.25) is 5.91 Å². The zero-order valence-electron chi connectivity index (χ0n) is 17.7. The third-order valence-electron chi connectivity index (χ3n) is 5.17. The van der Waals surface area contributed by atoms with Crippen LogP contribution < -0.4 is 20.5 Å². The quantitative estimate of drug-likeness (QED) is 0.679. The molecule has 3 rings (SSSR count). The molecule has 2 heterocycles. The number of methoxy groups -OCH3 is 1. The van der Waals surface area contributed by atoms with Gasteiger partial charge >= 0.3 is 0 Å². The van der Waals surface area contributed by atoms with Gasteiger partial charge in [0.1, 0.15) is 5.75 Å². The Hall–Kier alpha value is -2.87. The molecule has 1 N–H and O–H groups in total. The summed E-state index contributed by atoms with van der Waals surface area (Å²) in [6, 6.07) is 9.01. The number of hydrogen-bond donors (Lipinski definition) is 1. The molecular formula is C22H30N4O4. The molecule has 1 aliphatic heterocycles. The van der Waals surface area contributed by atoms with Crippen LogP contribution in [0.2, 0.25) is 0 Å². The van der Waals surface area contributed by atoms with Crippen LogP contribution in [-0.2, 0) is 16.1 Å². The molecule has 0 aliphatic carbocycles. The van der Waals surface area contributed by atoms with E-state index in [0.717, 1.165) is 43.1 Å². The molecule has 8 nitrogen and oxygen atoms in total. The van der Waals surface area contributed by atoms with Gasteiger partial charge in [-0.1, -0.05) is 0 Å². The zero-order valence-corrected chi connectivity index (χ0v) is 17.7. The summed E-state index contributed by atoms with van der Waals surface area (Å²) in [6.07, 6.45) is 4.14. The van der Waals surface area contributed by atoms with Crippen LogP contribution in [0.5, 0.6) is 5.75 Å². The third kappa shape index (κ3) is 6.06. The van der Waals surface area contributed by atoms with Gasteiger partial charge in [0, 0.05) is 38.4 Å². The first-order valence-electron chi connectivity index (χ1n) is 10.4. The SMILES string of the molecule is CCOc1ccc(NC(=O)CC2CCCN(c3cnn(CCOC)c(=O)c3)C2)cc1. The van der Waals surface area contributed by atoms with E-state index in [9.17, 15) is 9.59 Å². The van der Waals surface area contributed by atoms with E-state index in [-0.39, 0.29) is 17.4 Å². The number of piperidine rings is 1.